The quantitative estimate of drug-likeness (QED) is 0.781. The lowest BCUT2D eigenvalue weighted by molar-refractivity contribution is -0.133. The van der Waals surface area contributed by atoms with Crippen LogP contribution in [0.4, 0.5) is 0 Å². The van der Waals surface area contributed by atoms with E-state index in [1.165, 1.54) is 12.8 Å². The average molecular weight is 332 g/mol. The monoisotopic (exact) mass is 332 g/mol. The zero-order valence-corrected chi connectivity index (χ0v) is 14.6. The predicted molar refractivity (Wildman–Crippen MR) is 94.2 cm³/mol. The fourth-order valence-corrected chi connectivity index (χ4v) is 2.80. The number of para-hydroxylation sites is 1. The van der Waals surface area contributed by atoms with Crippen molar-refractivity contribution in [2.45, 2.75) is 45.4 Å². The largest absolute Gasteiger partial charge is 0.483 e. The van der Waals surface area contributed by atoms with Gasteiger partial charge in [-0.1, -0.05) is 38.3 Å². The SMILES string of the molecule is CCCCNC(=O)c1ccccc1OCC(=O)N1CCCCCC1. The van der Waals surface area contributed by atoms with Crippen molar-refractivity contribution in [3.8, 4) is 5.75 Å². The molecule has 0 radical (unpaired) electrons. The number of nitrogens with one attached hydrogen (secondary N) is 1. The van der Waals surface area contributed by atoms with Crippen molar-refractivity contribution in [1.29, 1.82) is 0 Å². The molecule has 1 saturated heterocycles. The van der Waals surface area contributed by atoms with E-state index < -0.39 is 0 Å². The molecule has 2 amide bonds. The number of likely N-dealkylation sites (tertiary alicyclic amines) is 1. The molecule has 132 valence electrons. The van der Waals surface area contributed by atoms with E-state index in [2.05, 4.69) is 12.2 Å². The van der Waals surface area contributed by atoms with Gasteiger partial charge in [-0.2, -0.15) is 0 Å². The molecule has 1 N–H and O–H groups in total. The van der Waals surface area contributed by atoms with Crippen molar-refractivity contribution >= 4 is 11.8 Å². The molecule has 0 aromatic heterocycles. The lowest BCUT2D eigenvalue weighted by Crippen LogP contribution is -2.35. The molecule has 0 aliphatic carbocycles. The fourth-order valence-electron chi connectivity index (χ4n) is 2.80. The van der Waals surface area contributed by atoms with Crippen LogP contribution in [0.25, 0.3) is 0 Å². The van der Waals surface area contributed by atoms with Gasteiger partial charge in [0.05, 0.1) is 5.56 Å². The summed E-state index contributed by atoms with van der Waals surface area (Å²) in [6, 6.07) is 7.09. The van der Waals surface area contributed by atoms with E-state index in [-0.39, 0.29) is 18.4 Å². The van der Waals surface area contributed by atoms with Crippen molar-refractivity contribution < 1.29 is 14.3 Å². The maximum absolute atomic E-state index is 12.3. The van der Waals surface area contributed by atoms with Gasteiger partial charge >= 0.3 is 0 Å². The molecule has 1 aliphatic rings. The Hall–Kier alpha value is -2.04. The Kier molecular flexibility index (Phi) is 7.59. The summed E-state index contributed by atoms with van der Waals surface area (Å²) >= 11 is 0. The summed E-state index contributed by atoms with van der Waals surface area (Å²) in [7, 11) is 0. The van der Waals surface area contributed by atoms with Crippen LogP contribution in [-0.2, 0) is 4.79 Å². The van der Waals surface area contributed by atoms with Crippen LogP contribution < -0.4 is 10.1 Å². The van der Waals surface area contributed by atoms with Gasteiger partial charge in [-0.25, -0.2) is 0 Å². The second-order valence-corrected chi connectivity index (χ2v) is 6.19. The number of hydrogen-bond donors (Lipinski definition) is 1. The van der Waals surface area contributed by atoms with Gasteiger partial charge in [-0.15, -0.1) is 0 Å². The smallest absolute Gasteiger partial charge is 0.260 e. The van der Waals surface area contributed by atoms with Crippen LogP contribution in [0.15, 0.2) is 24.3 Å². The highest BCUT2D eigenvalue weighted by atomic mass is 16.5. The van der Waals surface area contributed by atoms with E-state index in [4.69, 9.17) is 4.74 Å². The fraction of sp³-hybridized carbons (Fsp3) is 0.579. The van der Waals surface area contributed by atoms with Gasteiger partial charge in [0, 0.05) is 19.6 Å². The number of rotatable bonds is 7. The van der Waals surface area contributed by atoms with Crippen LogP contribution in [0.3, 0.4) is 0 Å². The number of nitrogens with zero attached hydrogens (tertiary/aromatic N) is 1. The summed E-state index contributed by atoms with van der Waals surface area (Å²) in [5, 5.41) is 2.89. The van der Waals surface area contributed by atoms with Crippen LogP contribution in [0.5, 0.6) is 5.75 Å². The number of amides is 2. The summed E-state index contributed by atoms with van der Waals surface area (Å²) in [5.74, 6) is 0.314. The summed E-state index contributed by atoms with van der Waals surface area (Å²) in [5.41, 5.74) is 0.484. The van der Waals surface area contributed by atoms with Crippen molar-refractivity contribution in [2.75, 3.05) is 26.2 Å². The van der Waals surface area contributed by atoms with Gasteiger partial charge in [0.2, 0.25) is 0 Å². The Bertz CT molecular complexity index is 537. The van der Waals surface area contributed by atoms with Crippen molar-refractivity contribution in [1.82, 2.24) is 10.2 Å². The summed E-state index contributed by atoms with van der Waals surface area (Å²) in [4.78, 5) is 26.4. The number of ether oxygens (including phenoxy) is 1. The van der Waals surface area contributed by atoms with Crippen molar-refractivity contribution in [2.24, 2.45) is 0 Å². The Morgan fingerprint density at radius 2 is 1.83 bits per heavy atom. The Balaban J connectivity index is 1.92. The number of unbranched alkanes of at least 4 members (excludes halogenated alkanes) is 1. The first-order valence-corrected chi connectivity index (χ1v) is 9.00. The van der Waals surface area contributed by atoms with E-state index in [0.717, 1.165) is 38.8 Å². The first kappa shape index (κ1) is 18.3. The molecule has 2 rings (SSSR count). The lowest BCUT2D eigenvalue weighted by Gasteiger charge is -2.20. The number of benzene rings is 1. The Morgan fingerprint density at radius 3 is 2.54 bits per heavy atom. The van der Waals surface area contributed by atoms with Gasteiger partial charge in [-0.05, 0) is 31.4 Å². The predicted octanol–water partition coefficient (Wildman–Crippen LogP) is 3.00. The standard InChI is InChI=1S/C19H28N2O3/c1-2-3-12-20-19(23)16-10-6-7-11-17(16)24-15-18(22)21-13-8-4-5-9-14-21/h6-7,10-11H,2-5,8-9,12-15H2,1H3,(H,20,23). The number of hydrogen-bond acceptors (Lipinski definition) is 3. The molecule has 5 heteroatoms. The second kappa shape index (κ2) is 9.96. The molecule has 5 nitrogen and oxygen atoms in total. The van der Waals surface area contributed by atoms with Crippen molar-refractivity contribution in [3.63, 3.8) is 0 Å². The molecule has 0 bridgehead atoms. The molecule has 1 aliphatic heterocycles. The maximum Gasteiger partial charge on any atom is 0.260 e. The highest BCUT2D eigenvalue weighted by Crippen LogP contribution is 2.18. The number of carbonyl (C=O) groups excluding carboxylic acids is 2. The minimum atomic E-state index is -0.152. The van der Waals surface area contributed by atoms with Gasteiger partial charge < -0.3 is 15.0 Å². The molecule has 0 unspecified atom stereocenters. The molecule has 0 spiro atoms. The van der Waals surface area contributed by atoms with E-state index in [1.807, 2.05) is 11.0 Å². The molecule has 1 aromatic rings. The third-order valence-corrected chi connectivity index (χ3v) is 4.26. The lowest BCUT2D eigenvalue weighted by atomic mass is 10.2. The second-order valence-electron chi connectivity index (χ2n) is 6.19. The van der Waals surface area contributed by atoms with Crippen LogP contribution in [0, 0.1) is 0 Å². The zero-order chi connectivity index (χ0) is 17.2. The van der Waals surface area contributed by atoms with Gasteiger partial charge in [0.25, 0.3) is 11.8 Å². The molecule has 1 aromatic carbocycles. The normalized spacial score (nSPS) is 14.8. The van der Waals surface area contributed by atoms with Gasteiger partial charge in [0.1, 0.15) is 5.75 Å². The maximum atomic E-state index is 12.3. The summed E-state index contributed by atoms with van der Waals surface area (Å²) in [6.45, 7) is 4.33. The first-order valence-electron chi connectivity index (χ1n) is 9.00. The number of carbonyl (C=O) groups is 2. The average Bonchev–Trinajstić information content (AvgIpc) is 2.89. The topological polar surface area (TPSA) is 58.6 Å². The third kappa shape index (κ3) is 5.55. The van der Waals surface area contributed by atoms with Crippen LogP contribution >= 0.6 is 0 Å². The summed E-state index contributed by atoms with van der Waals surface area (Å²) < 4.78 is 5.67. The van der Waals surface area contributed by atoms with E-state index in [9.17, 15) is 9.59 Å². The van der Waals surface area contributed by atoms with Gasteiger partial charge in [-0.3, -0.25) is 9.59 Å². The minimum Gasteiger partial charge on any atom is -0.483 e. The first-order chi connectivity index (χ1) is 11.7. The molecule has 24 heavy (non-hydrogen) atoms. The third-order valence-electron chi connectivity index (χ3n) is 4.26. The highest BCUT2D eigenvalue weighted by Gasteiger charge is 2.17. The van der Waals surface area contributed by atoms with Crippen molar-refractivity contribution in [3.05, 3.63) is 29.8 Å². The molecule has 1 fully saturated rings. The van der Waals surface area contributed by atoms with E-state index >= 15 is 0 Å². The molecular formula is C19H28N2O3. The summed E-state index contributed by atoms with van der Waals surface area (Å²) in [6.07, 6.45) is 6.46. The molecular weight excluding hydrogens is 304 g/mol. The van der Waals surface area contributed by atoms with Gasteiger partial charge in [0.15, 0.2) is 6.61 Å². The van der Waals surface area contributed by atoms with E-state index in [1.54, 1.807) is 18.2 Å². The minimum absolute atomic E-state index is 0.00176. The Labute approximate surface area is 144 Å². The van der Waals surface area contributed by atoms with Crippen LogP contribution in [0.2, 0.25) is 0 Å². The zero-order valence-electron chi connectivity index (χ0n) is 14.6. The molecule has 1 heterocycles. The molecule has 0 saturated carbocycles. The molecule has 0 atom stereocenters. The Morgan fingerprint density at radius 1 is 1.12 bits per heavy atom. The highest BCUT2D eigenvalue weighted by molar-refractivity contribution is 5.97. The van der Waals surface area contributed by atoms with Crippen LogP contribution in [-0.4, -0.2) is 43.0 Å². The van der Waals surface area contributed by atoms with E-state index in [0.29, 0.717) is 17.9 Å². The van der Waals surface area contributed by atoms with Crippen LogP contribution in [0.1, 0.15) is 55.8 Å².